The second kappa shape index (κ2) is 7.92. The summed E-state index contributed by atoms with van der Waals surface area (Å²) in [4.78, 5) is 25.9. The Kier molecular flexibility index (Phi) is 5.20. The van der Waals surface area contributed by atoms with Crippen molar-refractivity contribution in [2.75, 3.05) is 18.0 Å². The van der Waals surface area contributed by atoms with E-state index in [-0.39, 0.29) is 5.56 Å². The molecule has 1 saturated heterocycles. The maximum atomic E-state index is 12.0. The number of hydrogen-bond donors (Lipinski definition) is 2. The summed E-state index contributed by atoms with van der Waals surface area (Å²) in [6.07, 6.45) is 6.42. The molecule has 1 aromatic carbocycles. The summed E-state index contributed by atoms with van der Waals surface area (Å²) in [6.45, 7) is 5.54. The van der Waals surface area contributed by atoms with Crippen molar-refractivity contribution in [1.82, 2.24) is 24.8 Å². The lowest BCUT2D eigenvalue weighted by Gasteiger charge is -2.33. The van der Waals surface area contributed by atoms with Crippen molar-refractivity contribution < 1.29 is 0 Å². The van der Waals surface area contributed by atoms with Crippen LogP contribution >= 0.6 is 0 Å². The van der Waals surface area contributed by atoms with Crippen molar-refractivity contribution in [2.45, 2.75) is 45.3 Å². The predicted molar refractivity (Wildman–Crippen MR) is 107 cm³/mol. The van der Waals surface area contributed by atoms with Gasteiger partial charge in [-0.2, -0.15) is 0 Å². The zero-order chi connectivity index (χ0) is 18.6. The van der Waals surface area contributed by atoms with Gasteiger partial charge in [0.1, 0.15) is 5.82 Å². The first kappa shape index (κ1) is 17.7. The normalized spacial score (nSPS) is 17.5. The topological polar surface area (TPSA) is 78.8 Å². The Balaban J connectivity index is 1.47. The van der Waals surface area contributed by atoms with Crippen molar-refractivity contribution in [2.24, 2.45) is 0 Å². The first-order chi connectivity index (χ1) is 13.3. The highest BCUT2D eigenvalue weighted by Crippen LogP contribution is 2.18. The van der Waals surface area contributed by atoms with Crippen LogP contribution in [0.5, 0.6) is 0 Å². The molecule has 0 saturated carbocycles. The van der Waals surface area contributed by atoms with E-state index in [2.05, 4.69) is 49.9 Å². The summed E-state index contributed by atoms with van der Waals surface area (Å²) in [7, 11) is 0. The second-order valence-corrected chi connectivity index (χ2v) is 7.08. The Bertz CT molecular complexity index is 962. The molecule has 0 amide bonds. The van der Waals surface area contributed by atoms with E-state index in [0.29, 0.717) is 11.9 Å². The van der Waals surface area contributed by atoms with Gasteiger partial charge in [-0.25, -0.2) is 9.97 Å². The van der Waals surface area contributed by atoms with Crippen LogP contribution in [0, 0.1) is 0 Å². The summed E-state index contributed by atoms with van der Waals surface area (Å²) in [5, 5.41) is 3.65. The van der Waals surface area contributed by atoms with Gasteiger partial charge in [0.2, 0.25) is 0 Å². The molecule has 3 aromatic rings. The van der Waals surface area contributed by atoms with Crippen LogP contribution in [0.15, 0.2) is 41.5 Å². The van der Waals surface area contributed by atoms with E-state index in [4.69, 9.17) is 4.98 Å². The van der Waals surface area contributed by atoms with Crippen molar-refractivity contribution in [3.05, 3.63) is 52.8 Å². The van der Waals surface area contributed by atoms with E-state index < -0.39 is 0 Å². The number of aromatic nitrogens is 4. The summed E-state index contributed by atoms with van der Waals surface area (Å²) < 4.78 is 2.31. The van der Waals surface area contributed by atoms with Gasteiger partial charge in [-0.3, -0.25) is 4.79 Å². The minimum atomic E-state index is -0.122. The first-order valence-electron chi connectivity index (χ1n) is 9.72. The van der Waals surface area contributed by atoms with Gasteiger partial charge in [0.15, 0.2) is 5.82 Å². The van der Waals surface area contributed by atoms with E-state index in [9.17, 15) is 4.79 Å². The molecule has 1 aliphatic rings. The molecule has 7 heteroatoms. The number of H-pyrrole nitrogens is 1. The molecule has 3 heterocycles. The number of fused-ring (bicyclic) bond motifs is 1. The molecule has 27 heavy (non-hydrogen) atoms. The number of nitrogens with zero attached hydrogens (tertiary/aromatic N) is 4. The molecular formula is C20H26N6O. The van der Waals surface area contributed by atoms with Crippen LogP contribution in [0.4, 0.5) is 5.82 Å². The molecule has 1 aliphatic heterocycles. The number of hydrogen-bond acceptors (Lipinski definition) is 5. The van der Waals surface area contributed by atoms with Crippen LogP contribution in [0.25, 0.3) is 11.0 Å². The van der Waals surface area contributed by atoms with E-state index in [1.165, 1.54) is 5.52 Å². The maximum absolute atomic E-state index is 12.0. The Labute approximate surface area is 158 Å². The number of imidazole rings is 1. The summed E-state index contributed by atoms with van der Waals surface area (Å²) in [5.41, 5.74) is 2.12. The Morgan fingerprint density at radius 3 is 3.07 bits per heavy atom. The monoisotopic (exact) mass is 366 g/mol. The first-order valence-corrected chi connectivity index (χ1v) is 9.72. The molecule has 2 N–H and O–H groups in total. The number of para-hydroxylation sites is 2. The highest BCUT2D eigenvalue weighted by atomic mass is 16.1. The van der Waals surface area contributed by atoms with Crippen LogP contribution in [0.1, 0.15) is 32.0 Å². The number of aromatic amines is 1. The van der Waals surface area contributed by atoms with Crippen LogP contribution in [0.2, 0.25) is 0 Å². The van der Waals surface area contributed by atoms with E-state index in [1.807, 2.05) is 6.07 Å². The average molecular weight is 366 g/mol. The predicted octanol–water partition coefficient (Wildman–Crippen LogP) is 2.29. The van der Waals surface area contributed by atoms with Crippen molar-refractivity contribution in [1.29, 1.82) is 0 Å². The fraction of sp³-hybridized carbons (Fsp3) is 0.450. The van der Waals surface area contributed by atoms with Gasteiger partial charge in [-0.15, -0.1) is 0 Å². The number of aryl methyl sites for hydroxylation is 1. The molecule has 0 aliphatic carbocycles. The molecule has 1 atom stereocenters. The van der Waals surface area contributed by atoms with Gasteiger partial charge in [0.05, 0.1) is 17.6 Å². The van der Waals surface area contributed by atoms with Gasteiger partial charge < -0.3 is 19.8 Å². The standard InChI is InChI=1S/C20H26N6O/c1-2-11-26-17-8-4-3-7-16(17)24-18(26)13-23-15-6-5-12-25(14-15)19-20(27)22-10-9-21-19/h3-4,7-10,15,23H,2,5-6,11-14H2,1H3,(H,22,27). The van der Waals surface area contributed by atoms with Gasteiger partial charge in [-0.1, -0.05) is 19.1 Å². The average Bonchev–Trinajstić information content (AvgIpc) is 3.05. The van der Waals surface area contributed by atoms with E-state index in [0.717, 1.165) is 56.8 Å². The van der Waals surface area contributed by atoms with Crippen LogP contribution in [-0.2, 0) is 13.1 Å². The SMILES string of the molecule is CCCn1c(CNC2CCCN(c3ncc[nH]c3=O)C2)nc2ccccc21. The molecule has 0 radical (unpaired) electrons. The molecule has 0 bridgehead atoms. The minimum absolute atomic E-state index is 0.122. The fourth-order valence-corrected chi connectivity index (χ4v) is 3.87. The lowest BCUT2D eigenvalue weighted by atomic mass is 10.1. The molecule has 2 aromatic heterocycles. The highest BCUT2D eigenvalue weighted by Gasteiger charge is 2.23. The quantitative estimate of drug-likeness (QED) is 0.700. The van der Waals surface area contributed by atoms with Gasteiger partial charge in [-0.05, 0) is 31.4 Å². The number of piperidine rings is 1. The lowest BCUT2D eigenvalue weighted by Crippen LogP contribution is -2.47. The smallest absolute Gasteiger partial charge is 0.290 e. The van der Waals surface area contributed by atoms with Crippen LogP contribution in [0.3, 0.4) is 0 Å². The van der Waals surface area contributed by atoms with Crippen molar-refractivity contribution in [3.63, 3.8) is 0 Å². The van der Waals surface area contributed by atoms with Crippen LogP contribution < -0.4 is 15.8 Å². The third-order valence-electron chi connectivity index (χ3n) is 5.14. The number of anilines is 1. The van der Waals surface area contributed by atoms with Gasteiger partial charge >= 0.3 is 0 Å². The Hall–Kier alpha value is -2.67. The van der Waals surface area contributed by atoms with Gasteiger partial charge in [0, 0.05) is 38.1 Å². The van der Waals surface area contributed by atoms with Gasteiger partial charge in [0.25, 0.3) is 5.56 Å². The van der Waals surface area contributed by atoms with Crippen LogP contribution in [-0.4, -0.2) is 38.7 Å². The Morgan fingerprint density at radius 1 is 1.33 bits per heavy atom. The highest BCUT2D eigenvalue weighted by molar-refractivity contribution is 5.75. The minimum Gasteiger partial charge on any atom is -0.350 e. The van der Waals surface area contributed by atoms with Crippen molar-refractivity contribution >= 4 is 16.9 Å². The lowest BCUT2D eigenvalue weighted by molar-refractivity contribution is 0.411. The summed E-state index contributed by atoms with van der Waals surface area (Å²) >= 11 is 0. The zero-order valence-corrected chi connectivity index (χ0v) is 15.7. The zero-order valence-electron chi connectivity index (χ0n) is 15.7. The Morgan fingerprint density at radius 2 is 2.22 bits per heavy atom. The molecule has 1 unspecified atom stereocenters. The fourth-order valence-electron chi connectivity index (χ4n) is 3.87. The summed E-state index contributed by atoms with van der Waals surface area (Å²) in [6, 6.07) is 8.62. The summed E-state index contributed by atoms with van der Waals surface area (Å²) in [5.74, 6) is 1.59. The molecule has 4 rings (SSSR count). The molecule has 142 valence electrons. The molecule has 7 nitrogen and oxygen atoms in total. The van der Waals surface area contributed by atoms with E-state index in [1.54, 1.807) is 12.4 Å². The van der Waals surface area contributed by atoms with Crippen molar-refractivity contribution in [3.8, 4) is 0 Å². The van der Waals surface area contributed by atoms with E-state index >= 15 is 0 Å². The third kappa shape index (κ3) is 3.73. The molecule has 1 fully saturated rings. The molecular weight excluding hydrogens is 340 g/mol. The second-order valence-electron chi connectivity index (χ2n) is 7.08. The largest absolute Gasteiger partial charge is 0.350 e. The molecule has 0 spiro atoms. The number of nitrogens with one attached hydrogen (secondary N) is 2. The number of benzene rings is 1. The number of rotatable bonds is 6. The maximum Gasteiger partial charge on any atom is 0.290 e. The third-order valence-corrected chi connectivity index (χ3v) is 5.14.